The Kier molecular flexibility index (Phi) is 11.0. The molecule has 0 saturated heterocycles. The van der Waals surface area contributed by atoms with Gasteiger partial charge in [-0.1, -0.05) is 48.5 Å². The maximum atomic E-state index is 13.6. The molecule has 44 heavy (non-hydrogen) atoms. The van der Waals surface area contributed by atoms with Crippen molar-refractivity contribution >= 4 is 46.9 Å². The van der Waals surface area contributed by atoms with E-state index >= 15 is 0 Å². The molecular weight excluding hydrogens is 578 g/mol. The number of para-hydroxylation sites is 3. The van der Waals surface area contributed by atoms with E-state index in [-0.39, 0.29) is 11.6 Å². The van der Waals surface area contributed by atoms with Gasteiger partial charge >= 0.3 is 0 Å². The van der Waals surface area contributed by atoms with Crippen LogP contribution in [-0.2, 0) is 9.59 Å². The van der Waals surface area contributed by atoms with Crippen molar-refractivity contribution in [3.63, 3.8) is 0 Å². The number of anilines is 2. The minimum absolute atomic E-state index is 0.00647. The summed E-state index contributed by atoms with van der Waals surface area (Å²) in [6, 6.07) is 28.1. The van der Waals surface area contributed by atoms with E-state index in [2.05, 4.69) is 16.0 Å². The summed E-state index contributed by atoms with van der Waals surface area (Å²) < 4.78 is 16.2. The van der Waals surface area contributed by atoms with E-state index in [9.17, 15) is 14.4 Å². The Morgan fingerprint density at radius 1 is 0.750 bits per heavy atom. The van der Waals surface area contributed by atoms with Gasteiger partial charge in [0, 0.05) is 21.7 Å². The molecule has 0 spiro atoms. The van der Waals surface area contributed by atoms with Crippen molar-refractivity contribution in [3.8, 4) is 17.2 Å². The zero-order valence-corrected chi connectivity index (χ0v) is 25.6. The Labute approximate surface area is 260 Å². The molecule has 1 atom stereocenters. The second-order valence-corrected chi connectivity index (χ2v) is 10.8. The highest BCUT2D eigenvalue weighted by Gasteiger charge is 2.19. The van der Waals surface area contributed by atoms with E-state index in [4.69, 9.17) is 14.2 Å². The van der Waals surface area contributed by atoms with Crippen LogP contribution >= 0.6 is 11.8 Å². The normalized spacial score (nSPS) is 11.6. The molecule has 0 fully saturated rings. The molecule has 3 amide bonds. The third kappa shape index (κ3) is 8.20. The smallest absolute Gasteiger partial charge is 0.272 e. The van der Waals surface area contributed by atoms with Crippen LogP contribution < -0.4 is 30.2 Å². The van der Waals surface area contributed by atoms with E-state index in [1.165, 1.54) is 32.1 Å². The van der Waals surface area contributed by atoms with Crippen molar-refractivity contribution < 1.29 is 28.6 Å². The quantitative estimate of drug-likeness (QED) is 0.128. The van der Waals surface area contributed by atoms with Crippen LogP contribution in [-0.4, -0.2) is 44.3 Å². The van der Waals surface area contributed by atoms with Crippen molar-refractivity contribution in [2.45, 2.75) is 17.1 Å². The Balaban J connectivity index is 1.54. The van der Waals surface area contributed by atoms with Gasteiger partial charge in [-0.15, -0.1) is 11.8 Å². The Morgan fingerprint density at radius 3 is 2.16 bits per heavy atom. The van der Waals surface area contributed by atoms with Crippen LogP contribution in [0.5, 0.6) is 17.2 Å². The number of thioether (sulfide) groups is 1. The zero-order chi connectivity index (χ0) is 31.5. The first-order valence-electron chi connectivity index (χ1n) is 13.6. The number of nitrogens with one attached hydrogen (secondary N) is 3. The Morgan fingerprint density at radius 2 is 1.43 bits per heavy atom. The second-order valence-electron chi connectivity index (χ2n) is 9.39. The van der Waals surface area contributed by atoms with Crippen LogP contribution in [0.2, 0.25) is 0 Å². The third-order valence-electron chi connectivity index (χ3n) is 6.40. The summed E-state index contributed by atoms with van der Waals surface area (Å²) in [4.78, 5) is 40.3. The maximum Gasteiger partial charge on any atom is 0.272 e. The second kappa shape index (κ2) is 15.3. The molecule has 9 nitrogen and oxygen atoms in total. The topological polar surface area (TPSA) is 115 Å². The zero-order valence-electron chi connectivity index (χ0n) is 24.8. The van der Waals surface area contributed by atoms with Gasteiger partial charge in [-0.2, -0.15) is 0 Å². The first-order chi connectivity index (χ1) is 21.3. The van der Waals surface area contributed by atoms with E-state index in [0.717, 1.165) is 4.90 Å². The molecule has 0 aromatic heterocycles. The number of carbonyl (C=O) groups is 3. The van der Waals surface area contributed by atoms with Crippen molar-refractivity contribution in [2.24, 2.45) is 0 Å². The number of rotatable bonds is 12. The van der Waals surface area contributed by atoms with Crippen molar-refractivity contribution in [3.05, 3.63) is 114 Å². The van der Waals surface area contributed by atoms with Gasteiger partial charge in [-0.25, -0.2) is 0 Å². The molecule has 3 N–H and O–H groups in total. The molecule has 0 aliphatic heterocycles. The molecule has 0 radical (unpaired) electrons. The predicted octanol–water partition coefficient (Wildman–Crippen LogP) is 6.24. The summed E-state index contributed by atoms with van der Waals surface area (Å²) in [7, 11) is 4.56. The standard InChI is InChI=1S/C34H33N3O6S/c1-22(32(38)36-27-17-8-9-18-29(27)41-2)44-26-16-11-15-25(21-26)35-34(40)28(37-33(39)23-12-6-5-7-13-23)20-24-14-10-19-30(42-3)31(24)43-4/h5-22H,1-4H3,(H,35,40)(H,36,38)(H,37,39)/b28-20+. The number of carbonyl (C=O) groups excluding carboxylic acids is 3. The lowest BCUT2D eigenvalue weighted by Crippen LogP contribution is -2.30. The average molecular weight is 612 g/mol. The van der Waals surface area contributed by atoms with Gasteiger partial charge < -0.3 is 30.2 Å². The summed E-state index contributed by atoms with van der Waals surface area (Å²) in [6.07, 6.45) is 1.53. The van der Waals surface area contributed by atoms with Crippen LogP contribution in [0.15, 0.2) is 108 Å². The minimum Gasteiger partial charge on any atom is -0.495 e. The van der Waals surface area contributed by atoms with Crippen LogP contribution in [0.1, 0.15) is 22.8 Å². The van der Waals surface area contributed by atoms with E-state index < -0.39 is 17.1 Å². The van der Waals surface area contributed by atoms with Crippen molar-refractivity contribution in [1.29, 1.82) is 0 Å². The highest BCUT2D eigenvalue weighted by molar-refractivity contribution is 8.00. The number of hydrogen-bond donors (Lipinski definition) is 3. The maximum absolute atomic E-state index is 13.6. The number of methoxy groups -OCH3 is 3. The molecule has 4 aromatic carbocycles. The summed E-state index contributed by atoms with van der Waals surface area (Å²) in [6.45, 7) is 1.79. The fraction of sp³-hybridized carbons (Fsp3) is 0.147. The van der Waals surface area contributed by atoms with Gasteiger partial charge in [-0.05, 0) is 61.5 Å². The van der Waals surface area contributed by atoms with Crippen molar-refractivity contribution in [1.82, 2.24) is 5.32 Å². The fourth-order valence-electron chi connectivity index (χ4n) is 4.21. The molecule has 0 bridgehead atoms. The molecule has 226 valence electrons. The van der Waals surface area contributed by atoms with Gasteiger partial charge in [0.2, 0.25) is 5.91 Å². The Hall–Kier alpha value is -5.22. The van der Waals surface area contributed by atoms with Crippen LogP contribution in [0.4, 0.5) is 11.4 Å². The summed E-state index contributed by atoms with van der Waals surface area (Å²) in [5, 5.41) is 8.03. The summed E-state index contributed by atoms with van der Waals surface area (Å²) in [5.41, 5.74) is 1.98. The van der Waals surface area contributed by atoms with Gasteiger partial charge in [0.25, 0.3) is 11.8 Å². The molecule has 4 rings (SSSR count). The summed E-state index contributed by atoms with van der Waals surface area (Å²) in [5.74, 6) is 0.251. The number of benzene rings is 4. The number of ether oxygens (including phenoxy) is 3. The van der Waals surface area contributed by atoms with E-state index in [1.807, 2.05) is 18.2 Å². The number of hydrogen-bond acceptors (Lipinski definition) is 7. The monoisotopic (exact) mass is 611 g/mol. The predicted molar refractivity (Wildman–Crippen MR) is 173 cm³/mol. The molecule has 0 aliphatic carbocycles. The molecule has 10 heteroatoms. The van der Waals surface area contributed by atoms with Gasteiger partial charge in [0.05, 0.1) is 32.3 Å². The average Bonchev–Trinajstić information content (AvgIpc) is 3.04. The fourth-order valence-corrected chi connectivity index (χ4v) is 5.14. The molecule has 0 heterocycles. The first kappa shape index (κ1) is 31.7. The van der Waals surface area contributed by atoms with E-state index in [0.29, 0.717) is 39.8 Å². The highest BCUT2D eigenvalue weighted by Crippen LogP contribution is 2.32. The van der Waals surface area contributed by atoms with E-state index in [1.54, 1.807) is 92.9 Å². The molecular formula is C34H33N3O6S. The highest BCUT2D eigenvalue weighted by atomic mass is 32.2. The molecule has 0 saturated carbocycles. The molecule has 4 aromatic rings. The lowest BCUT2D eigenvalue weighted by Gasteiger charge is -2.15. The van der Waals surface area contributed by atoms with Crippen LogP contribution in [0.3, 0.4) is 0 Å². The lowest BCUT2D eigenvalue weighted by atomic mass is 10.1. The minimum atomic E-state index is -0.553. The first-order valence-corrected chi connectivity index (χ1v) is 14.5. The van der Waals surface area contributed by atoms with Gasteiger partial charge in [-0.3, -0.25) is 14.4 Å². The van der Waals surface area contributed by atoms with Gasteiger partial charge in [0.15, 0.2) is 11.5 Å². The van der Waals surface area contributed by atoms with Crippen LogP contribution in [0.25, 0.3) is 6.08 Å². The number of amides is 3. The summed E-state index contributed by atoms with van der Waals surface area (Å²) >= 11 is 1.33. The third-order valence-corrected chi connectivity index (χ3v) is 7.49. The Bertz CT molecular complexity index is 1660. The SMILES string of the molecule is COc1ccccc1NC(=O)C(C)Sc1cccc(NC(=O)/C(=C\c2cccc(OC)c2OC)NC(=O)c2ccccc2)c1. The lowest BCUT2D eigenvalue weighted by molar-refractivity contribution is -0.115. The van der Waals surface area contributed by atoms with Gasteiger partial charge in [0.1, 0.15) is 11.4 Å². The largest absolute Gasteiger partial charge is 0.495 e. The van der Waals surface area contributed by atoms with Crippen molar-refractivity contribution in [2.75, 3.05) is 32.0 Å². The molecule has 0 aliphatic rings. The van der Waals surface area contributed by atoms with Crippen LogP contribution in [0, 0.1) is 0 Å². The molecule has 1 unspecified atom stereocenters.